The predicted octanol–water partition coefficient (Wildman–Crippen LogP) is 4.26. The third kappa shape index (κ3) is 4.74. The molecule has 0 unspecified atom stereocenters. The third-order valence-corrected chi connectivity index (χ3v) is 4.04. The number of ether oxygens (including phenoxy) is 1. The molecule has 0 spiro atoms. The number of benzene rings is 1. The van der Waals surface area contributed by atoms with Gasteiger partial charge < -0.3 is 4.74 Å². The number of thiazole rings is 1. The molecule has 0 saturated carbocycles. The van der Waals surface area contributed by atoms with Crippen molar-refractivity contribution < 1.29 is 9.53 Å². The van der Waals surface area contributed by atoms with Crippen LogP contribution in [0.4, 0.5) is 5.13 Å². The van der Waals surface area contributed by atoms with Gasteiger partial charge in [-0.25, -0.2) is 4.98 Å². The van der Waals surface area contributed by atoms with Gasteiger partial charge in [-0.2, -0.15) is 0 Å². The fraction of sp³-hybridized carbons (Fsp3) is 0.105. The summed E-state index contributed by atoms with van der Waals surface area (Å²) in [4.78, 5) is 20.7. The Morgan fingerprint density at radius 2 is 2.04 bits per heavy atom. The topological polar surface area (TPSA) is 64.1 Å². The van der Waals surface area contributed by atoms with Gasteiger partial charge in [0.15, 0.2) is 5.13 Å². The van der Waals surface area contributed by atoms with Crippen LogP contribution >= 0.6 is 11.3 Å². The third-order valence-electron chi connectivity index (χ3n) is 3.28. The lowest BCUT2D eigenvalue weighted by Gasteiger charge is -2.02. The van der Waals surface area contributed by atoms with Gasteiger partial charge in [-0.3, -0.25) is 15.1 Å². The minimum Gasteiger partial charge on any atom is -0.494 e. The molecule has 0 bridgehead atoms. The van der Waals surface area contributed by atoms with Crippen molar-refractivity contribution >= 4 is 28.5 Å². The molecule has 0 atom stereocenters. The van der Waals surface area contributed by atoms with E-state index in [1.807, 2.05) is 54.8 Å². The Kier molecular flexibility index (Phi) is 5.53. The van der Waals surface area contributed by atoms with Crippen LogP contribution in [0, 0.1) is 0 Å². The van der Waals surface area contributed by atoms with E-state index in [0.29, 0.717) is 11.7 Å². The Balaban J connectivity index is 1.60. The molecule has 2 heterocycles. The molecule has 0 aliphatic rings. The van der Waals surface area contributed by atoms with Crippen molar-refractivity contribution in [1.82, 2.24) is 9.97 Å². The van der Waals surface area contributed by atoms with Gasteiger partial charge in [-0.1, -0.05) is 18.2 Å². The molecule has 0 fully saturated rings. The molecular weight excluding hydrogens is 334 g/mol. The van der Waals surface area contributed by atoms with Crippen LogP contribution in [-0.4, -0.2) is 22.5 Å². The van der Waals surface area contributed by atoms with E-state index in [1.165, 1.54) is 17.4 Å². The van der Waals surface area contributed by atoms with Crippen LogP contribution in [0.15, 0.2) is 60.1 Å². The molecule has 1 N–H and O–H groups in total. The first-order valence-corrected chi connectivity index (χ1v) is 8.71. The van der Waals surface area contributed by atoms with Crippen LogP contribution in [-0.2, 0) is 4.79 Å². The Morgan fingerprint density at radius 1 is 1.20 bits per heavy atom. The number of hydrogen-bond donors (Lipinski definition) is 1. The zero-order chi connectivity index (χ0) is 17.5. The lowest BCUT2D eigenvalue weighted by molar-refractivity contribution is -0.111. The first kappa shape index (κ1) is 16.9. The number of nitrogens with zero attached hydrogens (tertiary/aromatic N) is 2. The minimum atomic E-state index is -0.226. The van der Waals surface area contributed by atoms with Crippen LogP contribution in [0.1, 0.15) is 12.5 Å². The van der Waals surface area contributed by atoms with Crippen LogP contribution in [0.3, 0.4) is 0 Å². The summed E-state index contributed by atoms with van der Waals surface area (Å²) in [6, 6.07) is 13.2. The summed E-state index contributed by atoms with van der Waals surface area (Å²) in [5, 5.41) is 5.18. The Morgan fingerprint density at radius 3 is 2.76 bits per heavy atom. The highest BCUT2D eigenvalue weighted by atomic mass is 32.1. The first-order chi connectivity index (χ1) is 12.2. The quantitative estimate of drug-likeness (QED) is 0.674. The second-order valence-corrected chi connectivity index (χ2v) is 5.94. The number of pyridine rings is 1. The Labute approximate surface area is 150 Å². The van der Waals surface area contributed by atoms with Gasteiger partial charge in [0.25, 0.3) is 0 Å². The van der Waals surface area contributed by atoms with Crippen molar-refractivity contribution in [1.29, 1.82) is 0 Å². The number of anilines is 1. The summed E-state index contributed by atoms with van der Waals surface area (Å²) in [6.07, 6.45) is 4.95. The molecule has 5 nitrogen and oxygen atoms in total. The van der Waals surface area contributed by atoms with Gasteiger partial charge in [-0.15, -0.1) is 11.3 Å². The van der Waals surface area contributed by atoms with E-state index < -0.39 is 0 Å². The van der Waals surface area contributed by atoms with Crippen molar-refractivity contribution in [2.75, 3.05) is 11.9 Å². The summed E-state index contributed by atoms with van der Waals surface area (Å²) < 4.78 is 5.39. The van der Waals surface area contributed by atoms with E-state index >= 15 is 0 Å². The van der Waals surface area contributed by atoms with Crippen molar-refractivity contribution in [2.24, 2.45) is 0 Å². The van der Waals surface area contributed by atoms with E-state index in [-0.39, 0.29) is 5.91 Å². The number of rotatable bonds is 6. The van der Waals surface area contributed by atoms with Gasteiger partial charge >= 0.3 is 0 Å². The van der Waals surface area contributed by atoms with Crippen LogP contribution in [0.5, 0.6) is 5.75 Å². The van der Waals surface area contributed by atoms with Gasteiger partial charge in [0.05, 0.1) is 12.3 Å². The highest BCUT2D eigenvalue weighted by molar-refractivity contribution is 7.14. The summed E-state index contributed by atoms with van der Waals surface area (Å²) in [7, 11) is 0. The molecule has 126 valence electrons. The molecule has 3 aromatic rings. The normalized spacial score (nSPS) is 10.8. The van der Waals surface area contributed by atoms with E-state index in [2.05, 4.69) is 15.3 Å². The average molecular weight is 351 g/mol. The predicted molar refractivity (Wildman–Crippen MR) is 101 cm³/mol. The maximum Gasteiger partial charge on any atom is 0.250 e. The molecule has 1 aromatic carbocycles. The zero-order valence-corrected chi connectivity index (χ0v) is 14.5. The van der Waals surface area contributed by atoms with Crippen molar-refractivity contribution in [2.45, 2.75) is 6.92 Å². The van der Waals surface area contributed by atoms with E-state index in [4.69, 9.17) is 4.74 Å². The number of aromatic nitrogens is 2. The van der Waals surface area contributed by atoms with Gasteiger partial charge in [0.1, 0.15) is 11.4 Å². The maximum atomic E-state index is 12.0. The van der Waals surface area contributed by atoms with Crippen molar-refractivity contribution in [3.63, 3.8) is 0 Å². The van der Waals surface area contributed by atoms with Crippen LogP contribution < -0.4 is 10.1 Å². The molecule has 2 aromatic heterocycles. The number of carbonyl (C=O) groups is 1. The van der Waals surface area contributed by atoms with E-state index in [0.717, 1.165) is 22.7 Å². The molecule has 0 aliphatic heterocycles. The fourth-order valence-electron chi connectivity index (χ4n) is 2.12. The van der Waals surface area contributed by atoms with Crippen molar-refractivity contribution in [3.8, 4) is 17.1 Å². The van der Waals surface area contributed by atoms with Crippen molar-refractivity contribution in [3.05, 3.63) is 65.7 Å². The van der Waals surface area contributed by atoms with Crippen LogP contribution in [0.2, 0.25) is 0 Å². The summed E-state index contributed by atoms with van der Waals surface area (Å²) >= 11 is 1.37. The highest BCUT2D eigenvalue weighted by Crippen LogP contribution is 2.23. The average Bonchev–Trinajstić information content (AvgIpc) is 3.11. The number of carbonyl (C=O) groups excluding carboxylic acids is 1. The Bertz CT molecular complexity index is 858. The fourth-order valence-corrected chi connectivity index (χ4v) is 2.83. The van der Waals surface area contributed by atoms with E-state index in [1.54, 1.807) is 12.3 Å². The SMILES string of the molecule is CCOc1ccc(/C=C/C(=O)Nc2nc(-c3ccccn3)cs2)cc1. The molecule has 0 aliphatic carbocycles. The lowest BCUT2D eigenvalue weighted by atomic mass is 10.2. The monoisotopic (exact) mass is 351 g/mol. The van der Waals surface area contributed by atoms with Gasteiger partial charge in [0, 0.05) is 17.7 Å². The van der Waals surface area contributed by atoms with Gasteiger partial charge in [0.2, 0.25) is 5.91 Å². The summed E-state index contributed by atoms with van der Waals surface area (Å²) in [5.41, 5.74) is 2.45. The van der Waals surface area contributed by atoms with E-state index in [9.17, 15) is 4.79 Å². The summed E-state index contributed by atoms with van der Waals surface area (Å²) in [6.45, 7) is 2.57. The second kappa shape index (κ2) is 8.21. The van der Waals surface area contributed by atoms with Crippen LogP contribution in [0.25, 0.3) is 17.5 Å². The first-order valence-electron chi connectivity index (χ1n) is 7.83. The smallest absolute Gasteiger partial charge is 0.250 e. The lowest BCUT2D eigenvalue weighted by Crippen LogP contribution is -2.07. The minimum absolute atomic E-state index is 0.226. The summed E-state index contributed by atoms with van der Waals surface area (Å²) in [5.74, 6) is 0.588. The second-order valence-electron chi connectivity index (χ2n) is 5.08. The highest BCUT2D eigenvalue weighted by Gasteiger charge is 2.06. The molecular formula is C19H17N3O2S. The molecule has 25 heavy (non-hydrogen) atoms. The zero-order valence-electron chi connectivity index (χ0n) is 13.7. The number of amides is 1. The van der Waals surface area contributed by atoms with Gasteiger partial charge in [-0.05, 0) is 42.8 Å². The Hall–Kier alpha value is -2.99. The maximum absolute atomic E-state index is 12.0. The molecule has 1 amide bonds. The molecule has 0 radical (unpaired) electrons. The molecule has 6 heteroatoms. The molecule has 3 rings (SSSR count). The number of hydrogen-bond acceptors (Lipinski definition) is 5. The molecule has 0 saturated heterocycles. The number of nitrogens with one attached hydrogen (secondary N) is 1. The standard InChI is InChI=1S/C19H17N3O2S/c1-2-24-15-9-6-14(7-10-15)8-11-18(23)22-19-21-17(13-25-19)16-5-3-4-12-20-16/h3-13H,2H2,1H3,(H,21,22,23)/b11-8+. The largest absolute Gasteiger partial charge is 0.494 e.